The summed E-state index contributed by atoms with van der Waals surface area (Å²) in [4.78, 5) is 22.1. The topological polar surface area (TPSA) is 64.6 Å². The van der Waals surface area contributed by atoms with Gasteiger partial charge < -0.3 is 14.8 Å². The lowest BCUT2D eigenvalue weighted by molar-refractivity contribution is -0.139. The zero-order chi connectivity index (χ0) is 11.5. The van der Waals surface area contributed by atoms with Crippen LogP contribution in [-0.4, -0.2) is 25.6 Å². The van der Waals surface area contributed by atoms with Crippen LogP contribution in [-0.2, 0) is 20.7 Å². The fourth-order valence-electron chi connectivity index (χ4n) is 1.47. The predicted molar refractivity (Wildman–Crippen MR) is 56.3 cm³/mol. The number of nitrogens with one attached hydrogen (secondary N) is 1. The zero-order valence-corrected chi connectivity index (χ0v) is 8.78. The quantitative estimate of drug-likeness (QED) is 0.748. The van der Waals surface area contributed by atoms with Crippen molar-refractivity contribution in [2.45, 2.75) is 6.42 Å². The fourth-order valence-corrected chi connectivity index (χ4v) is 1.47. The Bertz CT molecular complexity index is 442. The van der Waals surface area contributed by atoms with Crippen molar-refractivity contribution in [3.05, 3.63) is 23.8 Å². The van der Waals surface area contributed by atoms with Crippen LogP contribution in [0.25, 0.3) is 0 Å². The van der Waals surface area contributed by atoms with E-state index < -0.39 is 0 Å². The number of hydrogen-bond donors (Lipinski definition) is 1. The highest BCUT2D eigenvalue weighted by molar-refractivity contribution is 5.95. The Labute approximate surface area is 92.4 Å². The van der Waals surface area contributed by atoms with E-state index in [0.29, 0.717) is 11.4 Å². The van der Waals surface area contributed by atoms with E-state index in [0.717, 1.165) is 5.56 Å². The molecule has 0 bridgehead atoms. The van der Waals surface area contributed by atoms with Crippen LogP contribution in [0.4, 0.5) is 5.69 Å². The highest BCUT2D eigenvalue weighted by Crippen LogP contribution is 2.28. The molecule has 1 aromatic carbocycles. The third-order valence-electron chi connectivity index (χ3n) is 2.26. The van der Waals surface area contributed by atoms with Crippen molar-refractivity contribution in [3.63, 3.8) is 0 Å². The Morgan fingerprint density at radius 3 is 3.12 bits per heavy atom. The third-order valence-corrected chi connectivity index (χ3v) is 2.26. The smallest absolute Gasteiger partial charge is 0.309 e. The van der Waals surface area contributed by atoms with Crippen molar-refractivity contribution in [2.75, 3.05) is 19.0 Å². The number of amides is 1. The lowest BCUT2D eigenvalue weighted by atomic mass is 10.1. The Morgan fingerprint density at radius 1 is 1.56 bits per heavy atom. The third kappa shape index (κ3) is 2.13. The van der Waals surface area contributed by atoms with Gasteiger partial charge in [-0.3, -0.25) is 9.59 Å². The molecule has 84 valence electrons. The summed E-state index contributed by atoms with van der Waals surface area (Å²) >= 11 is 0. The molecule has 0 saturated heterocycles. The summed E-state index contributed by atoms with van der Waals surface area (Å²) in [5, 5.41) is 2.67. The second-order valence-corrected chi connectivity index (χ2v) is 3.42. The molecule has 0 radical (unpaired) electrons. The predicted octanol–water partition coefficient (Wildman–Crippen LogP) is 0.733. The average Bonchev–Trinajstić information content (AvgIpc) is 2.29. The van der Waals surface area contributed by atoms with E-state index in [4.69, 9.17) is 4.74 Å². The van der Waals surface area contributed by atoms with Gasteiger partial charge in [0.25, 0.3) is 5.91 Å². The summed E-state index contributed by atoms with van der Waals surface area (Å²) in [6.45, 7) is 0.00861. The lowest BCUT2D eigenvalue weighted by Crippen LogP contribution is -2.25. The number of hydrogen-bond acceptors (Lipinski definition) is 4. The first kappa shape index (κ1) is 10.5. The van der Waals surface area contributed by atoms with E-state index in [1.165, 1.54) is 7.11 Å². The molecule has 16 heavy (non-hydrogen) atoms. The molecule has 0 fully saturated rings. The van der Waals surface area contributed by atoms with Crippen molar-refractivity contribution >= 4 is 17.6 Å². The maximum atomic E-state index is 11.1. The highest BCUT2D eigenvalue weighted by atomic mass is 16.5. The zero-order valence-electron chi connectivity index (χ0n) is 8.78. The number of esters is 1. The Balaban J connectivity index is 2.19. The van der Waals surface area contributed by atoms with Crippen molar-refractivity contribution in [3.8, 4) is 5.75 Å². The van der Waals surface area contributed by atoms with Crippen LogP contribution < -0.4 is 10.1 Å². The van der Waals surface area contributed by atoms with Crippen LogP contribution in [0, 0.1) is 0 Å². The molecule has 0 atom stereocenters. The maximum Gasteiger partial charge on any atom is 0.309 e. The van der Waals surface area contributed by atoms with Gasteiger partial charge in [-0.2, -0.15) is 0 Å². The van der Waals surface area contributed by atoms with Crippen molar-refractivity contribution in [1.82, 2.24) is 0 Å². The minimum Gasteiger partial charge on any atom is -0.482 e. The molecular weight excluding hydrogens is 210 g/mol. The number of carbonyl (C=O) groups excluding carboxylic acids is 2. The molecule has 0 spiro atoms. The number of methoxy groups -OCH3 is 1. The normalized spacial score (nSPS) is 13.4. The van der Waals surface area contributed by atoms with E-state index in [9.17, 15) is 9.59 Å². The van der Waals surface area contributed by atoms with E-state index in [-0.39, 0.29) is 24.9 Å². The summed E-state index contributed by atoms with van der Waals surface area (Å²) in [5.74, 6) is 0.106. The number of ether oxygens (including phenoxy) is 2. The van der Waals surface area contributed by atoms with Gasteiger partial charge in [0, 0.05) is 0 Å². The SMILES string of the molecule is COC(=O)Cc1ccc2c(c1)OCC(=O)N2. The Hall–Kier alpha value is -2.04. The van der Waals surface area contributed by atoms with Crippen LogP contribution in [0.5, 0.6) is 5.75 Å². The van der Waals surface area contributed by atoms with Gasteiger partial charge in [0.1, 0.15) is 5.75 Å². The molecule has 1 N–H and O–H groups in total. The molecule has 0 unspecified atom stereocenters. The Morgan fingerprint density at radius 2 is 2.38 bits per heavy atom. The summed E-state index contributed by atoms with van der Waals surface area (Å²) < 4.78 is 9.79. The van der Waals surface area contributed by atoms with Crippen LogP contribution in [0.2, 0.25) is 0 Å². The van der Waals surface area contributed by atoms with Gasteiger partial charge in [-0.1, -0.05) is 6.07 Å². The van der Waals surface area contributed by atoms with Crippen molar-refractivity contribution in [1.29, 1.82) is 0 Å². The number of rotatable bonds is 2. The second-order valence-electron chi connectivity index (χ2n) is 3.42. The lowest BCUT2D eigenvalue weighted by Gasteiger charge is -2.18. The van der Waals surface area contributed by atoms with Gasteiger partial charge in [-0.05, 0) is 17.7 Å². The van der Waals surface area contributed by atoms with Gasteiger partial charge >= 0.3 is 5.97 Å². The van der Waals surface area contributed by atoms with Gasteiger partial charge in [-0.25, -0.2) is 0 Å². The van der Waals surface area contributed by atoms with Crippen molar-refractivity contribution < 1.29 is 19.1 Å². The number of carbonyl (C=O) groups is 2. The van der Waals surface area contributed by atoms with Gasteiger partial charge in [0.2, 0.25) is 0 Å². The summed E-state index contributed by atoms with van der Waals surface area (Å²) in [6, 6.07) is 5.20. The minimum absolute atomic E-state index is 0.00861. The van der Waals surface area contributed by atoms with Crippen molar-refractivity contribution in [2.24, 2.45) is 0 Å². The van der Waals surface area contributed by atoms with E-state index in [1.807, 2.05) is 0 Å². The molecule has 1 heterocycles. The summed E-state index contributed by atoms with van der Waals surface area (Å²) in [6.07, 6.45) is 0.196. The first-order valence-electron chi connectivity index (χ1n) is 4.81. The van der Waals surface area contributed by atoms with Gasteiger partial charge in [0.05, 0.1) is 19.2 Å². The number of fused-ring (bicyclic) bond motifs is 1. The monoisotopic (exact) mass is 221 g/mol. The molecule has 2 rings (SSSR count). The standard InChI is InChI=1S/C11H11NO4/c1-15-11(14)5-7-2-3-8-9(4-7)16-6-10(13)12-8/h2-4H,5-6H2,1H3,(H,12,13). The number of benzene rings is 1. The first-order valence-corrected chi connectivity index (χ1v) is 4.81. The molecule has 0 saturated carbocycles. The molecule has 1 aliphatic heterocycles. The van der Waals surface area contributed by atoms with E-state index in [2.05, 4.69) is 10.1 Å². The molecule has 1 amide bonds. The fraction of sp³-hybridized carbons (Fsp3) is 0.273. The molecule has 1 aromatic rings. The largest absolute Gasteiger partial charge is 0.482 e. The molecule has 5 heteroatoms. The van der Waals surface area contributed by atoms with Crippen LogP contribution in [0.1, 0.15) is 5.56 Å². The van der Waals surface area contributed by atoms with Gasteiger partial charge in [0.15, 0.2) is 6.61 Å². The molecule has 0 aliphatic carbocycles. The first-order chi connectivity index (χ1) is 7.69. The second kappa shape index (κ2) is 4.22. The minimum atomic E-state index is -0.306. The highest BCUT2D eigenvalue weighted by Gasteiger charge is 2.16. The molecule has 5 nitrogen and oxygen atoms in total. The molecular formula is C11H11NO4. The molecule has 1 aliphatic rings. The van der Waals surface area contributed by atoms with Gasteiger partial charge in [-0.15, -0.1) is 0 Å². The van der Waals surface area contributed by atoms with Crippen LogP contribution in [0.15, 0.2) is 18.2 Å². The summed E-state index contributed by atoms with van der Waals surface area (Å²) in [5.41, 5.74) is 1.42. The van der Waals surface area contributed by atoms with Crippen LogP contribution >= 0.6 is 0 Å². The maximum absolute atomic E-state index is 11.1. The number of anilines is 1. The van der Waals surface area contributed by atoms with E-state index in [1.54, 1.807) is 18.2 Å². The Kier molecular flexibility index (Phi) is 2.76. The van der Waals surface area contributed by atoms with Crippen LogP contribution in [0.3, 0.4) is 0 Å². The van der Waals surface area contributed by atoms with E-state index >= 15 is 0 Å². The molecule has 0 aromatic heterocycles. The summed E-state index contributed by atoms with van der Waals surface area (Å²) in [7, 11) is 1.34. The average molecular weight is 221 g/mol.